The molecule has 1 atom stereocenters. The second kappa shape index (κ2) is 4.11. The number of aromatic nitrogens is 1. The van der Waals surface area contributed by atoms with Gasteiger partial charge in [-0.25, -0.2) is 0 Å². The highest BCUT2D eigenvalue weighted by atomic mass is 16.5. The number of hydrogen-bond donors (Lipinski definition) is 1. The SMILES string of the molecule is Cc1cc(CN2CCC[C@H]2CO)no1. The number of aliphatic hydroxyl groups is 1. The summed E-state index contributed by atoms with van der Waals surface area (Å²) in [5.74, 6) is 0.847. The van der Waals surface area contributed by atoms with Crippen LogP contribution < -0.4 is 0 Å². The quantitative estimate of drug-likeness (QED) is 0.781. The Morgan fingerprint density at radius 3 is 3.21 bits per heavy atom. The van der Waals surface area contributed by atoms with Gasteiger partial charge in [-0.1, -0.05) is 5.16 Å². The van der Waals surface area contributed by atoms with E-state index in [1.807, 2.05) is 13.0 Å². The number of hydrogen-bond acceptors (Lipinski definition) is 4. The Morgan fingerprint density at radius 2 is 2.57 bits per heavy atom. The van der Waals surface area contributed by atoms with E-state index in [2.05, 4.69) is 10.1 Å². The van der Waals surface area contributed by atoms with Crippen molar-refractivity contribution in [3.8, 4) is 0 Å². The first-order valence-electron chi connectivity index (χ1n) is 5.06. The molecule has 0 saturated carbocycles. The molecule has 0 amide bonds. The zero-order valence-electron chi connectivity index (χ0n) is 8.44. The maximum absolute atomic E-state index is 9.13. The number of aryl methyl sites for hydroxylation is 1. The van der Waals surface area contributed by atoms with E-state index in [0.717, 1.165) is 31.0 Å². The van der Waals surface area contributed by atoms with E-state index in [0.29, 0.717) is 6.04 Å². The largest absolute Gasteiger partial charge is 0.395 e. The van der Waals surface area contributed by atoms with Crippen LogP contribution in [0, 0.1) is 6.92 Å². The summed E-state index contributed by atoms with van der Waals surface area (Å²) in [4.78, 5) is 2.26. The molecule has 0 radical (unpaired) electrons. The molecule has 4 nitrogen and oxygen atoms in total. The Bertz CT molecular complexity index is 298. The van der Waals surface area contributed by atoms with Crippen molar-refractivity contribution >= 4 is 0 Å². The summed E-state index contributed by atoms with van der Waals surface area (Å²) >= 11 is 0. The third kappa shape index (κ3) is 1.96. The van der Waals surface area contributed by atoms with Gasteiger partial charge in [-0.3, -0.25) is 4.90 Å². The van der Waals surface area contributed by atoms with Crippen LogP contribution in [0.25, 0.3) is 0 Å². The van der Waals surface area contributed by atoms with Crippen molar-refractivity contribution in [2.45, 2.75) is 32.4 Å². The van der Waals surface area contributed by atoms with Gasteiger partial charge >= 0.3 is 0 Å². The van der Waals surface area contributed by atoms with Crippen molar-refractivity contribution in [2.75, 3.05) is 13.2 Å². The highest BCUT2D eigenvalue weighted by Gasteiger charge is 2.24. The van der Waals surface area contributed by atoms with Gasteiger partial charge in [0.15, 0.2) is 0 Å². The van der Waals surface area contributed by atoms with Gasteiger partial charge in [0.2, 0.25) is 0 Å². The molecule has 14 heavy (non-hydrogen) atoms. The molecule has 0 spiro atoms. The molecule has 1 saturated heterocycles. The lowest BCUT2D eigenvalue weighted by atomic mass is 10.2. The van der Waals surface area contributed by atoms with Gasteiger partial charge in [-0.2, -0.15) is 0 Å². The molecule has 0 bridgehead atoms. The maximum Gasteiger partial charge on any atom is 0.133 e. The van der Waals surface area contributed by atoms with Crippen LogP contribution in [-0.4, -0.2) is 34.4 Å². The van der Waals surface area contributed by atoms with Crippen LogP contribution in [0.1, 0.15) is 24.3 Å². The average Bonchev–Trinajstić information content (AvgIpc) is 2.76. The van der Waals surface area contributed by atoms with E-state index in [1.165, 1.54) is 6.42 Å². The topological polar surface area (TPSA) is 49.5 Å². The van der Waals surface area contributed by atoms with Gasteiger partial charge in [0, 0.05) is 18.7 Å². The Morgan fingerprint density at radius 1 is 1.71 bits per heavy atom. The van der Waals surface area contributed by atoms with Gasteiger partial charge in [0.05, 0.1) is 12.3 Å². The Balaban J connectivity index is 1.96. The third-order valence-electron chi connectivity index (χ3n) is 2.75. The highest BCUT2D eigenvalue weighted by molar-refractivity contribution is 5.04. The molecular formula is C10H16N2O2. The number of rotatable bonds is 3. The normalized spacial score (nSPS) is 23.1. The van der Waals surface area contributed by atoms with Crippen molar-refractivity contribution in [1.82, 2.24) is 10.1 Å². The van der Waals surface area contributed by atoms with Crippen LogP contribution in [0.4, 0.5) is 0 Å². The Hall–Kier alpha value is -0.870. The van der Waals surface area contributed by atoms with Crippen LogP contribution in [0.2, 0.25) is 0 Å². The molecule has 0 unspecified atom stereocenters. The first kappa shape index (κ1) is 9.68. The minimum absolute atomic E-state index is 0.247. The van der Waals surface area contributed by atoms with Gasteiger partial charge in [0.25, 0.3) is 0 Å². The van der Waals surface area contributed by atoms with Crippen molar-refractivity contribution in [3.05, 3.63) is 17.5 Å². The fraction of sp³-hybridized carbons (Fsp3) is 0.700. The molecular weight excluding hydrogens is 180 g/mol. The van der Waals surface area contributed by atoms with Crippen molar-refractivity contribution < 1.29 is 9.63 Å². The predicted molar refractivity (Wildman–Crippen MR) is 51.8 cm³/mol. The van der Waals surface area contributed by atoms with Crippen LogP contribution in [0.15, 0.2) is 10.6 Å². The minimum Gasteiger partial charge on any atom is -0.395 e. The second-order valence-corrected chi connectivity index (χ2v) is 3.88. The molecule has 1 aliphatic heterocycles. The van der Waals surface area contributed by atoms with Crippen molar-refractivity contribution in [2.24, 2.45) is 0 Å². The number of nitrogens with zero attached hydrogens (tertiary/aromatic N) is 2. The molecule has 4 heteroatoms. The molecule has 78 valence electrons. The summed E-state index contributed by atoms with van der Waals surface area (Å²) in [6, 6.07) is 2.26. The molecule has 1 aromatic heterocycles. The summed E-state index contributed by atoms with van der Waals surface area (Å²) < 4.78 is 5.00. The van der Waals surface area contributed by atoms with Crippen molar-refractivity contribution in [3.63, 3.8) is 0 Å². The first-order valence-corrected chi connectivity index (χ1v) is 5.06. The summed E-state index contributed by atoms with van der Waals surface area (Å²) in [7, 11) is 0. The highest BCUT2D eigenvalue weighted by Crippen LogP contribution is 2.19. The standard InChI is InChI=1S/C10H16N2O2/c1-8-5-9(11-14-8)6-12-4-2-3-10(12)7-13/h5,10,13H,2-4,6-7H2,1H3/t10-/m0/s1. The van der Waals surface area contributed by atoms with E-state index in [4.69, 9.17) is 9.63 Å². The zero-order chi connectivity index (χ0) is 9.97. The summed E-state index contributed by atoms with van der Waals surface area (Å²) in [6.07, 6.45) is 2.26. The van der Waals surface area contributed by atoms with Crippen LogP contribution in [0.5, 0.6) is 0 Å². The lowest BCUT2D eigenvalue weighted by molar-refractivity contribution is 0.151. The smallest absolute Gasteiger partial charge is 0.133 e. The van der Waals surface area contributed by atoms with E-state index < -0.39 is 0 Å². The summed E-state index contributed by atoms with van der Waals surface area (Å²) in [6.45, 7) is 3.99. The predicted octanol–water partition coefficient (Wildman–Crippen LogP) is 0.940. The lowest BCUT2D eigenvalue weighted by Crippen LogP contribution is -2.31. The van der Waals surface area contributed by atoms with E-state index in [1.54, 1.807) is 0 Å². The molecule has 1 fully saturated rings. The van der Waals surface area contributed by atoms with E-state index in [-0.39, 0.29) is 6.61 Å². The van der Waals surface area contributed by atoms with Gasteiger partial charge in [0.1, 0.15) is 5.76 Å². The monoisotopic (exact) mass is 196 g/mol. The number of likely N-dealkylation sites (tertiary alicyclic amines) is 1. The molecule has 1 aromatic rings. The van der Waals surface area contributed by atoms with Crippen LogP contribution in [-0.2, 0) is 6.54 Å². The molecule has 0 aromatic carbocycles. The molecule has 2 rings (SSSR count). The van der Waals surface area contributed by atoms with Crippen LogP contribution in [0.3, 0.4) is 0 Å². The lowest BCUT2D eigenvalue weighted by Gasteiger charge is -2.20. The second-order valence-electron chi connectivity index (χ2n) is 3.88. The Kier molecular flexibility index (Phi) is 2.84. The fourth-order valence-corrected chi connectivity index (χ4v) is 2.01. The molecule has 2 heterocycles. The summed E-state index contributed by atoms with van der Waals surface area (Å²) in [5.41, 5.74) is 0.961. The van der Waals surface area contributed by atoms with E-state index >= 15 is 0 Å². The van der Waals surface area contributed by atoms with Gasteiger partial charge in [-0.05, 0) is 26.3 Å². The third-order valence-corrected chi connectivity index (χ3v) is 2.75. The molecule has 0 aliphatic carbocycles. The first-order chi connectivity index (χ1) is 6.79. The van der Waals surface area contributed by atoms with Gasteiger partial charge < -0.3 is 9.63 Å². The molecule has 1 N–H and O–H groups in total. The maximum atomic E-state index is 9.13. The minimum atomic E-state index is 0.247. The van der Waals surface area contributed by atoms with Crippen LogP contribution >= 0.6 is 0 Å². The van der Waals surface area contributed by atoms with E-state index in [9.17, 15) is 0 Å². The fourth-order valence-electron chi connectivity index (χ4n) is 2.01. The summed E-state index contributed by atoms with van der Waals surface area (Å²) in [5, 5.41) is 13.1. The van der Waals surface area contributed by atoms with Gasteiger partial charge in [-0.15, -0.1) is 0 Å². The average molecular weight is 196 g/mol. The molecule has 1 aliphatic rings. The van der Waals surface area contributed by atoms with Crippen molar-refractivity contribution in [1.29, 1.82) is 0 Å². The number of aliphatic hydroxyl groups excluding tert-OH is 1. The Labute approximate surface area is 83.5 Å². The zero-order valence-corrected chi connectivity index (χ0v) is 8.44.